The summed E-state index contributed by atoms with van der Waals surface area (Å²) in [5.41, 5.74) is 0. The van der Waals surface area contributed by atoms with Crippen LogP contribution in [-0.2, 0) is 9.53 Å². The van der Waals surface area contributed by atoms with Crippen molar-refractivity contribution < 1.29 is 24.2 Å². The van der Waals surface area contributed by atoms with E-state index in [0.29, 0.717) is 5.75 Å². The largest absolute Gasteiger partial charge is 0.480 e. The van der Waals surface area contributed by atoms with Gasteiger partial charge in [0.2, 0.25) is 0 Å². The summed E-state index contributed by atoms with van der Waals surface area (Å²) in [7, 11) is 1.35. The zero-order chi connectivity index (χ0) is 12.7. The van der Waals surface area contributed by atoms with Crippen molar-refractivity contribution in [2.75, 3.05) is 13.7 Å². The molecule has 1 amide bonds. The van der Waals surface area contributed by atoms with Crippen LogP contribution >= 0.6 is 0 Å². The molecule has 0 saturated carbocycles. The van der Waals surface area contributed by atoms with E-state index in [9.17, 15) is 9.59 Å². The quantitative estimate of drug-likeness (QED) is 0.796. The molecule has 1 aromatic carbocycles. The van der Waals surface area contributed by atoms with Crippen LogP contribution in [0.1, 0.15) is 0 Å². The highest BCUT2D eigenvalue weighted by molar-refractivity contribution is 5.80. The van der Waals surface area contributed by atoms with Gasteiger partial charge in [0.15, 0.2) is 6.04 Å². The number of aliphatic carboxylic acids is 1. The first-order chi connectivity index (χ1) is 8.13. The van der Waals surface area contributed by atoms with Gasteiger partial charge in [0.25, 0.3) is 0 Å². The van der Waals surface area contributed by atoms with Crippen LogP contribution in [0.2, 0.25) is 0 Å². The Morgan fingerprint density at radius 1 is 1.35 bits per heavy atom. The number of carbonyl (C=O) groups excluding carboxylic acids is 1. The van der Waals surface area contributed by atoms with E-state index in [1.54, 1.807) is 30.3 Å². The van der Waals surface area contributed by atoms with Crippen LogP contribution in [0.25, 0.3) is 0 Å². The van der Waals surface area contributed by atoms with Crippen LogP contribution in [-0.4, -0.2) is 36.9 Å². The van der Waals surface area contributed by atoms with E-state index in [2.05, 4.69) is 10.1 Å². The molecular formula is C11H13NO5. The van der Waals surface area contributed by atoms with Crippen LogP contribution in [0.3, 0.4) is 0 Å². The van der Waals surface area contributed by atoms with Crippen molar-refractivity contribution in [1.82, 2.24) is 5.32 Å². The van der Waals surface area contributed by atoms with Gasteiger partial charge in [-0.1, -0.05) is 18.2 Å². The summed E-state index contributed by atoms with van der Waals surface area (Å²) in [5.74, 6) is -0.844. The van der Waals surface area contributed by atoms with E-state index in [4.69, 9.17) is 9.84 Å². The second-order valence-corrected chi connectivity index (χ2v) is 3.19. The standard InChI is InChI=1S/C11H13NO5/c1-16-7-9(10(13)14)12-11(15)17-8-5-3-2-4-6-8/h2-6,9H,7H2,1H3,(H,12,15)(H,13,14). The maximum Gasteiger partial charge on any atom is 0.413 e. The van der Waals surface area contributed by atoms with Crippen molar-refractivity contribution >= 4 is 12.1 Å². The lowest BCUT2D eigenvalue weighted by Gasteiger charge is -2.13. The van der Waals surface area contributed by atoms with Gasteiger partial charge in [-0.2, -0.15) is 0 Å². The van der Waals surface area contributed by atoms with Gasteiger partial charge < -0.3 is 19.9 Å². The van der Waals surface area contributed by atoms with Crippen molar-refractivity contribution in [3.05, 3.63) is 30.3 Å². The molecule has 0 aliphatic rings. The van der Waals surface area contributed by atoms with E-state index in [-0.39, 0.29) is 6.61 Å². The van der Waals surface area contributed by atoms with Crippen LogP contribution in [0.5, 0.6) is 5.75 Å². The van der Waals surface area contributed by atoms with E-state index in [1.807, 2.05) is 0 Å². The molecule has 0 fully saturated rings. The first-order valence-corrected chi connectivity index (χ1v) is 4.88. The first-order valence-electron chi connectivity index (χ1n) is 4.88. The van der Waals surface area contributed by atoms with Crippen molar-refractivity contribution in [2.45, 2.75) is 6.04 Å². The van der Waals surface area contributed by atoms with Gasteiger partial charge in [0.05, 0.1) is 6.61 Å². The van der Waals surface area contributed by atoms with Gasteiger partial charge in [-0.15, -0.1) is 0 Å². The van der Waals surface area contributed by atoms with Gasteiger partial charge in [-0.05, 0) is 12.1 Å². The number of ether oxygens (including phenoxy) is 2. The Balaban J connectivity index is 2.51. The average Bonchev–Trinajstić information content (AvgIpc) is 2.29. The van der Waals surface area contributed by atoms with Gasteiger partial charge >= 0.3 is 12.1 Å². The van der Waals surface area contributed by atoms with E-state index >= 15 is 0 Å². The lowest BCUT2D eigenvalue weighted by Crippen LogP contribution is -2.45. The van der Waals surface area contributed by atoms with Crippen molar-refractivity contribution in [3.8, 4) is 5.75 Å². The van der Waals surface area contributed by atoms with Crippen LogP contribution in [0, 0.1) is 0 Å². The maximum absolute atomic E-state index is 11.3. The summed E-state index contributed by atoms with van der Waals surface area (Å²) in [5, 5.41) is 10.9. The molecule has 6 nitrogen and oxygen atoms in total. The molecule has 0 bridgehead atoms. The fourth-order valence-electron chi connectivity index (χ4n) is 1.11. The molecule has 17 heavy (non-hydrogen) atoms. The number of carboxylic acid groups (broad SMARTS) is 1. The van der Waals surface area contributed by atoms with Crippen molar-refractivity contribution in [2.24, 2.45) is 0 Å². The van der Waals surface area contributed by atoms with Crippen molar-refractivity contribution in [3.63, 3.8) is 0 Å². The van der Waals surface area contributed by atoms with Gasteiger partial charge in [0, 0.05) is 7.11 Å². The molecule has 1 aromatic rings. The summed E-state index contributed by atoms with van der Waals surface area (Å²) in [6, 6.07) is 7.22. The highest BCUT2D eigenvalue weighted by Crippen LogP contribution is 2.08. The van der Waals surface area contributed by atoms with E-state index < -0.39 is 18.1 Å². The third kappa shape index (κ3) is 4.52. The SMILES string of the molecule is COCC(NC(=O)Oc1ccccc1)C(=O)O. The number of hydrogen-bond acceptors (Lipinski definition) is 4. The fourth-order valence-corrected chi connectivity index (χ4v) is 1.11. The first kappa shape index (κ1) is 13.0. The number of rotatable bonds is 5. The number of nitrogens with one attached hydrogen (secondary N) is 1. The van der Waals surface area contributed by atoms with E-state index in [1.165, 1.54) is 7.11 Å². The molecule has 0 aliphatic carbocycles. The molecule has 0 aromatic heterocycles. The predicted octanol–water partition coefficient (Wildman–Crippen LogP) is 0.875. The predicted molar refractivity (Wildman–Crippen MR) is 58.9 cm³/mol. The molecule has 0 saturated heterocycles. The second-order valence-electron chi connectivity index (χ2n) is 3.19. The monoisotopic (exact) mass is 239 g/mol. The smallest absolute Gasteiger partial charge is 0.413 e. The van der Waals surface area contributed by atoms with Crippen LogP contribution in [0.4, 0.5) is 4.79 Å². The molecule has 0 aliphatic heterocycles. The third-order valence-corrected chi connectivity index (χ3v) is 1.88. The zero-order valence-electron chi connectivity index (χ0n) is 9.25. The second kappa shape index (κ2) is 6.49. The lowest BCUT2D eigenvalue weighted by atomic mass is 10.3. The van der Waals surface area contributed by atoms with Crippen LogP contribution in [0.15, 0.2) is 30.3 Å². The molecule has 1 atom stereocenters. The molecule has 2 N–H and O–H groups in total. The Morgan fingerprint density at radius 3 is 2.53 bits per heavy atom. The lowest BCUT2D eigenvalue weighted by molar-refractivity contribution is -0.140. The normalized spacial score (nSPS) is 11.6. The summed E-state index contributed by atoms with van der Waals surface area (Å²) < 4.78 is 9.54. The maximum atomic E-state index is 11.3. The molecule has 0 spiro atoms. The number of benzene rings is 1. The summed E-state index contributed by atoms with van der Waals surface area (Å²) in [6.45, 7) is -0.126. The Bertz CT molecular complexity index is 379. The van der Waals surface area contributed by atoms with Crippen molar-refractivity contribution in [1.29, 1.82) is 0 Å². The minimum atomic E-state index is -1.18. The fraction of sp³-hybridized carbons (Fsp3) is 0.273. The molecule has 92 valence electrons. The molecule has 1 rings (SSSR count). The van der Waals surface area contributed by atoms with Gasteiger partial charge in [-0.25, -0.2) is 9.59 Å². The average molecular weight is 239 g/mol. The highest BCUT2D eigenvalue weighted by Gasteiger charge is 2.20. The highest BCUT2D eigenvalue weighted by atomic mass is 16.6. The minimum absolute atomic E-state index is 0.126. The summed E-state index contributed by atoms with van der Waals surface area (Å²) in [6.07, 6.45) is -0.833. The topological polar surface area (TPSA) is 84.9 Å². The number of carbonyl (C=O) groups is 2. The molecule has 1 unspecified atom stereocenters. The number of amides is 1. The molecule has 0 radical (unpaired) electrons. The number of methoxy groups -OCH3 is 1. The van der Waals surface area contributed by atoms with Gasteiger partial charge in [0.1, 0.15) is 5.75 Å². The van der Waals surface area contributed by atoms with Crippen LogP contribution < -0.4 is 10.1 Å². The van der Waals surface area contributed by atoms with Gasteiger partial charge in [-0.3, -0.25) is 0 Å². The molecule has 6 heteroatoms. The summed E-state index contributed by atoms with van der Waals surface area (Å²) in [4.78, 5) is 22.1. The molecule has 0 heterocycles. The number of para-hydroxylation sites is 1. The Hall–Kier alpha value is -2.08. The number of hydrogen-bond donors (Lipinski definition) is 2. The summed E-state index contributed by atoms with van der Waals surface area (Å²) >= 11 is 0. The Morgan fingerprint density at radius 2 is 2.00 bits per heavy atom. The molecular weight excluding hydrogens is 226 g/mol. The Kier molecular flexibility index (Phi) is 4.96. The third-order valence-electron chi connectivity index (χ3n) is 1.88. The zero-order valence-corrected chi connectivity index (χ0v) is 9.25. The number of carboxylic acids is 1. The minimum Gasteiger partial charge on any atom is -0.480 e. The Labute approximate surface area is 98.2 Å². The van der Waals surface area contributed by atoms with E-state index in [0.717, 1.165) is 0 Å².